The van der Waals surface area contributed by atoms with Gasteiger partial charge < -0.3 is 4.74 Å². The van der Waals surface area contributed by atoms with E-state index in [4.69, 9.17) is 14.8 Å². The van der Waals surface area contributed by atoms with Crippen molar-refractivity contribution >= 4 is 22.5 Å². The summed E-state index contributed by atoms with van der Waals surface area (Å²) in [5.74, 6) is 0.418. The van der Waals surface area contributed by atoms with Gasteiger partial charge >= 0.3 is 0 Å². The first-order chi connectivity index (χ1) is 16.6. The van der Waals surface area contributed by atoms with Crippen LogP contribution in [-0.2, 0) is 16.2 Å². The maximum absolute atomic E-state index is 11.8. The Balaban J connectivity index is 1.30. The van der Waals surface area contributed by atoms with Gasteiger partial charge in [-0.1, -0.05) is 31.0 Å². The summed E-state index contributed by atoms with van der Waals surface area (Å²) < 4.78 is 6.09. The fourth-order valence-corrected chi connectivity index (χ4v) is 5.11. The van der Waals surface area contributed by atoms with Gasteiger partial charge in [-0.15, -0.1) is 0 Å². The molecule has 1 fully saturated rings. The number of rotatable bonds is 6. The minimum Gasteiger partial charge on any atom is -0.489 e. The van der Waals surface area contributed by atoms with E-state index in [1.54, 1.807) is 5.48 Å². The minimum atomic E-state index is -0.532. The Morgan fingerprint density at radius 3 is 2.88 bits per heavy atom. The number of carbonyl (C=O) groups is 1. The number of fused-ring (bicyclic) bond motifs is 1. The summed E-state index contributed by atoms with van der Waals surface area (Å²) in [6.45, 7) is 2.46. The molecule has 2 heterocycles. The first kappa shape index (κ1) is 22.4. The third-order valence-electron chi connectivity index (χ3n) is 6.85. The van der Waals surface area contributed by atoms with Crippen LogP contribution in [0.4, 0.5) is 0 Å². The molecule has 0 radical (unpaired) electrons. The fraction of sp³-hybridized carbons (Fsp3) is 0.333. The van der Waals surface area contributed by atoms with Gasteiger partial charge in [0.2, 0.25) is 5.91 Å². The molecule has 7 nitrogen and oxygen atoms in total. The van der Waals surface area contributed by atoms with Crippen LogP contribution in [0, 0.1) is 12.8 Å². The Morgan fingerprint density at radius 2 is 2.06 bits per heavy atom. The summed E-state index contributed by atoms with van der Waals surface area (Å²) in [5.41, 5.74) is 9.23. The third-order valence-corrected chi connectivity index (χ3v) is 6.85. The average Bonchev–Trinajstić information content (AvgIpc) is 3.28. The quantitative estimate of drug-likeness (QED) is 0.361. The number of hydrogen-bond acceptors (Lipinski definition) is 6. The van der Waals surface area contributed by atoms with Crippen molar-refractivity contribution in [2.75, 3.05) is 0 Å². The number of benzene rings is 2. The number of ether oxygens (including phenoxy) is 1. The van der Waals surface area contributed by atoms with Crippen molar-refractivity contribution in [2.45, 2.75) is 51.2 Å². The van der Waals surface area contributed by atoms with Gasteiger partial charge in [-0.25, -0.2) is 5.48 Å². The second-order valence-electron chi connectivity index (χ2n) is 9.15. The lowest BCUT2D eigenvalue weighted by atomic mass is 9.73. The number of amides is 1. The Kier molecular flexibility index (Phi) is 6.22. The van der Waals surface area contributed by atoms with Gasteiger partial charge in [0.25, 0.3) is 0 Å². The summed E-state index contributed by atoms with van der Waals surface area (Å²) in [5, 5.41) is 10.0. The first-order valence-corrected chi connectivity index (χ1v) is 11.7. The van der Waals surface area contributed by atoms with Gasteiger partial charge in [-0.3, -0.25) is 25.3 Å². The molecule has 2 atom stereocenters. The maximum Gasteiger partial charge on any atom is 0.243 e. The van der Waals surface area contributed by atoms with E-state index in [2.05, 4.69) is 28.7 Å². The lowest BCUT2D eigenvalue weighted by Crippen LogP contribution is -2.43. The average molecular weight is 460 g/mol. The van der Waals surface area contributed by atoms with E-state index in [-0.39, 0.29) is 18.2 Å². The number of aromatic nitrogens is 1. The number of hydroxylamine groups is 2. The van der Waals surface area contributed by atoms with Crippen LogP contribution < -0.4 is 15.7 Å². The zero-order chi connectivity index (χ0) is 23.5. The van der Waals surface area contributed by atoms with Crippen LogP contribution in [0.3, 0.4) is 0 Å². The van der Waals surface area contributed by atoms with Crippen LogP contribution in [0.15, 0.2) is 60.7 Å². The molecule has 176 valence electrons. The Bertz CT molecular complexity index is 1220. The van der Waals surface area contributed by atoms with Crippen LogP contribution in [0.5, 0.6) is 5.75 Å². The van der Waals surface area contributed by atoms with E-state index in [9.17, 15) is 4.79 Å². The molecule has 3 N–H and O–H groups in total. The molecular formula is C27H29N3O4. The number of nitrogens with one attached hydrogen (secondary N) is 2. The van der Waals surface area contributed by atoms with Crippen molar-refractivity contribution in [3.63, 3.8) is 0 Å². The monoisotopic (exact) mass is 459 g/mol. The molecule has 1 saturated carbocycles. The number of carbonyl (C=O) groups excluding carboxylic acids is 1. The number of aryl methyl sites for hydroxylation is 1. The van der Waals surface area contributed by atoms with Crippen molar-refractivity contribution in [1.82, 2.24) is 15.9 Å². The zero-order valence-electron chi connectivity index (χ0n) is 19.2. The second kappa shape index (κ2) is 9.44. The van der Waals surface area contributed by atoms with Gasteiger partial charge in [-0.05, 0) is 67.8 Å². The molecule has 2 aliphatic rings. The molecule has 1 amide bonds. The molecule has 3 aromatic rings. The predicted molar refractivity (Wildman–Crippen MR) is 129 cm³/mol. The summed E-state index contributed by atoms with van der Waals surface area (Å²) in [7, 11) is 0. The van der Waals surface area contributed by atoms with E-state index < -0.39 is 5.60 Å². The Hall–Kier alpha value is -3.42. The molecule has 34 heavy (non-hydrogen) atoms. The first-order valence-electron chi connectivity index (χ1n) is 11.7. The highest BCUT2D eigenvalue weighted by molar-refractivity contribution is 5.82. The van der Waals surface area contributed by atoms with E-state index >= 15 is 0 Å². The molecular weight excluding hydrogens is 430 g/mol. The maximum atomic E-state index is 11.8. The molecule has 0 bridgehead atoms. The standard InChI is InChI=1S/C27H29N3O4/c1-18-14-20(23-7-2-3-8-24(23)28-18)17-33-22-11-9-19(10-12-22)25-16-27(34-30-25)13-5-4-6-21(27)15-26(31)29-32/h2-3,7-12,14,16,21,30,32H,4-6,13,15,17H2,1H3,(H,29,31). The van der Waals surface area contributed by atoms with Crippen LogP contribution in [-0.4, -0.2) is 21.7 Å². The van der Waals surface area contributed by atoms with Gasteiger partial charge in [0.05, 0.1) is 11.2 Å². The molecule has 5 rings (SSSR count). The van der Waals surface area contributed by atoms with Crippen LogP contribution in [0.1, 0.15) is 48.9 Å². The molecule has 7 heteroatoms. The zero-order valence-corrected chi connectivity index (χ0v) is 19.2. The van der Waals surface area contributed by atoms with Crippen LogP contribution in [0.2, 0.25) is 0 Å². The predicted octanol–water partition coefficient (Wildman–Crippen LogP) is 4.82. The molecule has 2 unspecified atom stereocenters. The summed E-state index contributed by atoms with van der Waals surface area (Å²) in [6.07, 6.45) is 6.15. The SMILES string of the molecule is Cc1cc(COc2ccc(C3=CC4(CCCCC4CC(=O)NO)ON3)cc2)c2ccccc2n1. The van der Waals surface area contributed by atoms with E-state index in [1.807, 2.05) is 49.4 Å². The molecule has 1 aliphatic heterocycles. The topological polar surface area (TPSA) is 92.7 Å². The minimum absolute atomic E-state index is 0.0136. The van der Waals surface area contributed by atoms with Crippen molar-refractivity contribution in [1.29, 1.82) is 0 Å². The van der Waals surface area contributed by atoms with Gasteiger partial charge in [0.15, 0.2) is 0 Å². The summed E-state index contributed by atoms with van der Waals surface area (Å²) in [4.78, 5) is 22.4. The van der Waals surface area contributed by atoms with Crippen molar-refractivity contribution < 1.29 is 19.6 Å². The van der Waals surface area contributed by atoms with Crippen molar-refractivity contribution in [2.24, 2.45) is 5.92 Å². The number of para-hydroxylation sites is 1. The van der Waals surface area contributed by atoms with Crippen molar-refractivity contribution in [3.05, 3.63) is 77.5 Å². The Labute approximate surface area is 198 Å². The summed E-state index contributed by atoms with van der Waals surface area (Å²) >= 11 is 0. The fourth-order valence-electron chi connectivity index (χ4n) is 5.11. The van der Waals surface area contributed by atoms with Gasteiger partial charge in [0.1, 0.15) is 18.0 Å². The smallest absolute Gasteiger partial charge is 0.243 e. The second-order valence-corrected chi connectivity index (χ2v) is 9.15. The highest BCUT2D eigenvalue weighted by Gasteiger charge is 2.45. The molecule has 1 spiro atoms. The van der Waals surface area contributed by atoms with E-state index in [0.29, 0.717) is 6.61 Å². The van der Waals surface area contributed by atoms with Gasteiger partial charge in [0, 0.05) is 29.0 Å². The lowest BCUT2D eigenvalue weighted by Gasteiger charge is -2.37. The third kappa shape index (κ3) is 4.49. The van der Waals surface area contributed by atoms with Crippen molar-refractivity contribution in [3.8, 4) is 5.75 Å². The van der Waals surface area contributed by atoms with E-state index in [1.165, 1.54) is 0 Å². The van der Waals surface area contributed by atoms with Crippen LogP contribution in [0.25, 0.3) is 16.6 Å². The normalized spacial score (nSPS) is 21.8. The lowest BCUT2D eigenvalue weighted by molar-refractivity contribution is -0.137. The highest BCUT2D eigenvalue weighted by atomic mass is 16.7. The molecule has 2 aromatic carbocycles. The largest absolute Gasteiger partial charge is 0.489 e. The molecule has 1 aromatic heterocycles. The summed E-state index contributed by atoms with van der Waals surface area (Å²) in [6, 6.07) is 18.1. The molecule has 1 aliphatic carbocycles. The van der Waals surface area contributed by atoms with Crippen LogP contribution >= 0.6 is 0 Å². The number of pyridine rings is 1. The molecule has 0 saturated heterocycles. The van der Waals surface area contributed by atoms with Gasteiger partial charge in [-0.2, -0.15) is 0 Å². The number of nitrogens with zero attached hydrogens (tertiary/aromatic N) is 1. The van der Waals surface area contributed by atoms with E-state index in [0.717, 1.165) is 64.9 Å². The number of hydrogen-bond donors (Lipinski definition) is 3. The Morgan fingerprint density at radius 1 is 1.24 bits per heavy atom. The highest BCUT2D eigenvalue weighted by Crippen LogP contribution is 2.43.